The smallest absolute Gasteiger partial charge is 0.312 e. The van der Waals surface area contributed by atoms with Crippen molar-refractivity contribution in [2.45, 2.75) is 13.0 Å². The van der Waals surface area contributed by atoms with Gasteiger partial charge in [0, 0.05) is 17.9 Å². The molecular weight excluding hydrogens is 269 g/mol. The standard InChI is InChI=1S/C16H16FN3O/c17-12-4-6-13(7-5-12)19-16(21)20-15-3-1-2-11-8-9-18-10-14(11)15/h1-7,18H,8-10H2,(H2,19,20,21). The van der Waals surface area contributed by atoms with Gasteiger partial charge in [-0.2, -0.15) is 0 Å². The van der Waals surface area contributed by atoms with Crippen LogP contribution in [-0.4, -0.2) is 12.6 Å². The summed E-state index contributed by atoms with van der Waals surface area (Å²) in [7, 11) is 0. The number of anilines is 2. The Balaban J connectivity index is 1.71. The molecule has 2 aromatic carbocycles. The summed E-state index contributed by atoms with van der Waals surface area (Å²) in [5, 5.41) is 8.83. The van der Waals surface area contributed by atoms with Gasteiger partial charge in [0.2, 0.25) is 0 Å². The van der Waals surface area contributed by atoms with Crippen LogP contribution in [0.4, 0.5) is 20.6 Å². The van der Waals surface area contributed by atoms with E-state index < -0.39 is 0 Å². The van der Waals surface area contributed by atoms with E-state index in [2.05, 4.69) is 22.0 Å². The predicted octanol–water partition coefficient (Wildman–Crippen LogP) is 3.12. The Bertz CT molecular complexity index is 655. The molecule has 0 unspecified atom stereocenters. The molecular formula is C16H16FN3O. The molecule has 0 atom stereocenters. The third-order valence-electron chi connectivity index (χ3n) is 3.50. The van der Waals surface area contributed by atoms with Crippen molar-refractivity contribution in [1.29, 1.82) is 0 Å². The zero-order chi connectivity index (χ0) is 14.7. The fraction of sp³-hybridized carbons (Fsp3) is 0.188. The lowest BCUT2D eigenvalue weighted by Crippen LogP contribution is -2.26. The lowest BCUT2D eigenvalue weighted by molar-refractivity contribution is 0.262. The van der Waals surface area contributed by atoms with Crippen molar-refractivity contribution in [3.05, 3.63) is 59.4 Å². The molecule has 1 aliphatic heterocycles. The summed E-state index contributed by atoms with van der Waals surface area (Å²) < 4.78 is 12.8. The highest BCUT2D eigenvalue weighted by atomic mass is 19.1. The monoisotopic (exact) mass is 285 g/mol. The number of carbonyl (C=O) groups excluding carboxylic acids is 1. The maximum absolute atomic E-state index is 12.8. The SMILES string of the molecule is O=C(Nc1ccc(F)cc1)Nc1cccc2c1CNCC2. The number of rotatable bonds is 2. The number of hydrogen-bond donors (Lipinski definition) is 3. The Hall–Kier alpha value is -2.40. The molecule has 0 aromatic heterocycles. The maximum atomic E-state index is 12.8. The lowest BCUT2D eigenvalue weighted by Gasteiger charge is -2.20. The molecule has 4 nitrogen and oxygen atoms in total. The molecule has 0 spiro atoms. The number of halogens is 1. The van der Waals surface area contributed by atoms with Crippen LogP contribution in [0, 0.1) is 5.82 Å². The van der Waals surface area contributed by atoms with Crippen LogP contribution in [-0.2, 0) is 13.0 Å². The van der Waals surface area contributed by atoms with Crippen LogP contribution in [0.1, 0.15) is 11.1 Å². The van der Waals surface area contributed by atoms with Crippen LogP contribution in [0.5, 0.6) is 0 Å². The van der Waals surface area contributed by atoms with E-state index in [1.165, 1.54) is 29.8 Å². The van der Waals surface area contributed by atoms with Gasteiger partial charge in [0.1, 0.15) is 5.82 Å². The van der Waals surface area contributed by atoms with Crippen molar-refractivity contribution in [3.63, 3.8) is 0 Å². The molecule has 0 saturated carbocycles. The van der Waals surface area contributed by atoms with Crippen LogP contribution < -0.4 is 16.0 Å². The molecule has 3 N–H and O–H groups in total. The fourth-order valence-electron chi connectivity index (χ4n) is 2.45. The Morgan fingerprint density at radius 1 is 1.10 bits per heavy atom. The van der Waals surface area contributed by atoms with Gasteiger partial charge in [-0.05, 0) is 54.4 Å². The van der Waals surface area contributed by atoms with Gasteiger partial charge in [-0.15, -0.1) is 0 Å². The molecule has 5 heteroatoms. The molecule has 2 aromatic rings. The third-order valence-corrected chi connectivity index (χ3v) is 3.50. The third kappa shape index (κ3) is 3.20. The molecule has 0 bridgehead atoms. The van der Waals surface area contributed by atoms with Crippen molar-refractivity contribution in [2.24, 2.45) is 0 Å². The molecule has 1 aliphatic rings. The summed E-state index contributed by atoms with van der Waals surface area (Å²) in [6.45, 7) is 1.71. The van der Waals surface area contributed by atoms with Gasteiger partial charge in [0.15, 0.2) is 0 Å². The molecule has 0 saturated heterocycles. The number of amides is 2. The summed E-state index contributed by atoms with van der Waals surface area (Å²) >= 11 is 0. The first kappa shape index (κ1) is 13.6. The highest BCUT2D eigenvalue weighted by molar-refractivity contribution is 6.00. The summed E-state index contributed by atoms with van der Waals surface area (Å²) in [6.07, 6.45) is 0.963. The Labute approximate surface area is 122 Å². The average Bonchev–Trinajstić information content (AvgIpc) is 2.50. The van der Waals surface area contributed by atoms with Gasteiger partial charge >= 0.3 is 6.03 Å². The van der Waals surface area contributed by atoms with E-state index >= 15 is 0 Å². The van der Waals surface area contributed by atoms with Crippen molar-refractivity contribution < 1.29 is 9.18 Å². The van der Waals surface area contributed by atoms with E-state index in [1.807, 2.05) is 12.1 Å². The number of fused-ring (bicyclic) bond motifs is 1. The molecule has 0 fully saturated rings. The first-order valence-electron chi connectivity index (χ1n) is 6.87. The number of hydrogen-bond acceptors (Lipinski definition) is 2. The highest BCUT2D eigenvalue weighted by Crippen LogP contribution is 2.23. The van der Waals surface area contributed by atoms with Crippen molar-refractivity contribution in [1.82, 2.24) is 5.32 Å². The fourth-order valence-corrected chi connectivity index (χ4v) is 2.45. The second-order valence-corrected chi connectivity index (χ2v) is 4.96. The second kappa shape index (κ2) is 5.93. The van der Waals surface area contributed by atoms with Gasteiger partial charge in [-0.3, -0.25) is 0 Å². The molecule has 0 aliphatic carbocycles. The zero-order valence-electron chi connectivity index (χ0n) is 11.4. The predicted molar refractivity (Wildman–Crippen MR) is 80.9 cm³/mol. The van der Waals surface area contributed by atoms with Crippen LogP contribution in [0.3, 0.4) is 0 Å². The van der Waals surface area contributed by atoms with E-state index in [0.717, 1.165) is 30.8 Å². The zero-order valence-corrected chi connectivity index (χ0v) is 11.4. The van der Waals surface area contributed by atoms with E-state index in [0.29, 0.717) is 5.69 Å². The van der Waals surface area contributed by atoms with E-state index in [1.54, 1.807) is 0 Å². The van der Waals surface area contributed by atoms with Gasteiger partial charge in [-0.1, -0.05) is 12.1 Å². The van der Waals surface area contributed by atoms with E-state index in [4.69, 9.17) is 0 Å². The maximum Gasteiger partial charge on any atom is 0.323 e. The van der Waals surface area contributed by atoms with Crippen molar-refractivity contribution in [2.75, 3.05) is 17.2 Å². The molecule has 0 radical (unpaired) electrons. The summed E-state index contributed by atoms with van der Waals surface area (Å²) in [5.41, 5.74) is 3.74. The lowest BCUT2D eigenvalue weighted by atomic mass is 9.99. The van der Waals surface area contributed by atoms with E-state index in [9.17, 15) is 9.18 Å². The first-order valence-corrected chi connectivity index (χ1v) is 6.87. The minimum atomic E-state index is -0.333. The Kier molecular flexibility index (Phi) is 3.83. The van der Waals surface area contributed by atoms with Crippen LogP contribution >= 0.6 is 0 Å². The summed E-state index contributed by atoms with van der Waals surface area (Å²) in [6, 6.07) is 11.2. The first-order chi connectivity index (χ1) is 10.2. The minimum absolute atomic E-state index is 0.329. The van der Waals surface area contributed by atoms with Gasteiger partial charge in [0.05, 0.1) is 0 Å². The average molecular weight is 285 g/mol. The van der Waals surface area contributed by atoms with Crippen LogP contribution in [0.25, 0.3) is 0 Å². The largest absolute Gasteiger partial charge is 0.323 e. The van der Waals surface area contributed by atoms with Gasteiger partial charge in [0.25, 0.3) is 0 Å². The van der Waals surface area contributed by atoms with E-state index in [-0.39, 0.29) is 11.8 Å². The second-order valence-electron chi connectivity index (χ2n) is 4.96. The summed E-state index contributed by atoms with van der Waals surface area (Å²) in [4.78, 5) is 12.0. The Morgan fingerprint density at radius 3 is 2.71 bits per heavy atom. The van der Waals surface area contributed by atoms with Crippen molar-refractivity contribution >= 4 is 17.4 Å². The Morgan fingerprint density at radius 2 is 1.90 bits per heavy atom. The summed E-state index contributed by atoms with van der Waals surface area (Å²) in [5.74, 6) is -0.329. The van der Waals surface area contributed by atoms with Gasteiger partial charge in [-0.25, -0.2) is 9.18 Å². The number of urea groups is 1. The highest BCUT2D eigenvalue weighted by Gasteiger charge is 2.13. The number of benzene rings is 2. The molecule has 1 heterocycles. The normalized spacial score (nSPS) is 13.4. The molecule has 2 amide bonds. The quantitative estimate of drug-likeness (QED) is 0.794. The molecule has 108 valence electrons. The van der Waals surface area contributed by atoms with Crippen LogP contribution in [0.15, 0.2) is 42.5 Å². The topological polar surface area (TPSA) is 53.2 Å². The number of nitrogens with one attached hydrogen (secondary N) is 3. The minimum Gasteiger partial charge on any atom is -0.312 e. The van der Waals surface area contributed by atoms with Crippen molar-refractivity contribution in [3.8, 4) is 0 Å². The molecule has 21 heavy (non-hydrogen) atoms. The van der Waals surface area contributed by atoms with Gasteiger partial charge < -0.3 is 16.0 Å². The van der Waals surface area contributed by atoms with Crippen LogP contribution in [0.2, 0.25) is 0 Å². The number of carbonyl (C=O) groups is 1. The molecule has 3 rings (SSSR count).